The normalized spacial score (nSPS) is 7.53. The molecule has 0 saturated carbocycles. The second-order valence-corrected chi connectivity index (χ2v) is 2.39. The SMILES string of the molecule is C=C([O-])C=Cc1ccccc1.[N-]=[N+]=[N-].[N-]=[N+]=[N-]. The van der Waals surface area contributed by atoms with Gasteiger partial charge in [-0.05, 0) is 5.56 Å². The molecule has 1 aromatic rings. The molecule has 7 nitrogen and oxygen atoms in total. The lowest BCUT2D eigenvalue weighted by Crippen LogP contribution is -1.95. The Morgan fingerprint density at radius 2 is 1.47 bits per heavy atom. The quantitative estimate of drug-likeness (QED) is 0.248. The Kier molecular flexibility index (Phi) is 12.8. The number of nitrogens with zero attached hydrogens (tertiary/aromatic N) is 6. The van der Waals surface area contributed by atoms with Crippen LogP contribution < -0.4 is 5.11 Å². The number of allylic oxidation sites excluding steroid dienone is 1. The molecule has 0 spiro atoms. The summed E-state index contributed by atoms with van der Waals surface area (Å²) in [5.41, 5.74) is 28.0. The van der Waals surface area contributed by atoms with Crippen LogP contribution in [0.15, 0.2) is 48.7 Å². The fourth-order valence-corrected chi connectivity index (χ4v) is 0.753. The van der Waals surface area contributed by atoms with Crippen molar-refractivity contribution in [3.8, 4) is 0 Å². The molecule has 1 rings (SSSR count). The minimum atomic E-state index is -0.172. The van der Waals surface area contributed by atoms with E-state index in [-0.39, 0.29) is 5.76 Å². The Morgan fingerprint density at radius 3 is 1.82 bits per heavy atom. The third-order valence-electron chi connectivity index (χ3n) is 1.26. The number of hydrogen-bond acceptors (Lipinski definition) is 1. The standard InChI is InChI=1S/C10H10O.2N3/c1-9(11)7-8-10-5-3-2-4-6-10;2*1-3-2/h2-8,11H,1H2;;/q;2*-1/p-1. The topological polar surface area (TPSA) is 140 Å². The van der Waals surface area contributed by atoms with Gasteiger partial charge in [-0.25, -0.2) is 0 Å². The summed E-state index contributed by atoms with van der Waals surface area (Å²) in [5.74, 6) is -0.172. The van der Waals surface area contributed by atoms with Crippen molar-refractivity contribution in [1.82, 2.24) is 0 Å². The van der Waals surface area contributed by atoms with Gasteiger partial charge in [0.25, 0.3) is 0 Å². The van der Waals surface area contributed by atoms with E-state index in [1.165, 1.54) is 15.9 Å². The molecule has 0 heterocycles. The number of benzene rings is 1. The van der Waals surface area contributed by atoms with Crippen molar-refractivity contribution >= 4 is 6.08 Å². The monoisotopic (exact) mass is 229 g/mol. The predicted octanol–water partition coefficient (Wildman–Crippen LogP) is 3.31. The molecular formula is C10H9N6O-3. The summed E-state index contributed by atoms with van der Waals surface area (Å²) < 4.78 is 0. The van der Waals surface area contributed by atoms with Crippen LogP contribution in [-0.2, 0) is 0 Å². The second kappa shape index (κ2) is 13.1. The predicted molar refractivity (Wildman–Crippen MR) is 64.8 cm³/mol. The maximum atomic E-state index is 10.4. The van der Waals surface area contributed by atoms with Gasteiger partial charge in [-0.1, -0.05) is 42.5 Å². The lowest BCUT2D eigenvalue weighted by atomic mass is 10.2. The zero-order chi connectivity index (χ0) is 13.5. The Labute approximate surface area is 98.2 Å². The van der Waals surface area contributed by atoms with Gasteiger partial charge >= 0.3 is 0 Å². The molecule has 0 aromatic heterocycles. The van der Waals surface area contributed by atoms with Crippen LogP contribution in [0.25, 0.3) is 38.0 Å². The van der Waals surface area contributed by atoms with E-state index in [9.17, 15) is 5.11 Å². The van der Waals surface area contributed by atoms with Crippen LogP contribution in [0.5, 0.6) is 0 Å². The Hall–Kier alpha value is -2.88. The van der Waals surface area contributed by atoms with Gasteiger partial charge < -0.3 is 27.2 Å². The minimum absolute atomic E-state index is 0.172. The number of hydrogen-bond donors (Lipinski definition) is 0. The molecule has 0 fully saturated rings. The van der Waals surface area contributed by atoms with E-state index >= 15 is 0 Å². The van der Waals surface area contributed by atoms with Crippen LogP contribution in [-0.4, -0.2) is 0 Å². The third kappa shape index (κ3) is 15.8. The van der Waals surface area contributed by atoms with Crippen molar-refractivity contribution in [2.24, 2.45) is 0 Å². The molecule has 0 unspecified atom stereocenters. The van der Waals surface area contributed by atoms with Crippen LogP contribution in [0, 0.1) is 0 Å². The van der Waals surface area contributed by atoms with E-state index in [1.54, 1.807) is 6.08 Å². The summed E-state index contributed by atoms with van der Waals surface area (Å²) in [6.45, 7) is 3.23. The molecule has 0 atom stereocenters. The first-order chi connectivity index (χ1) is 8.12. The fraction of sp³-hybridized carbons (Fsp3) is 0. The lowest BCUT2D eigenvalue weighted by molar-refractivity contribution is -0.293. The summed E-state index contributed by atoms with van der Waals surface area (Å²) in [6, 6.07) is 9.64. The van der Waals surface area contributed by atoms with E-state index in [4.69, 9.17) is 22.1 Å². The van der Waals surface area contributed by atoms with Crippen LogP contribution in [0.2, 0.25) is 0 Å². The lowest BCUT2D eigenvalue weighted by Gasteiger charge is -1.99. The molecule has 0 radical (unpaired) electrons. The van der Waals surface area contributed by atoms with Gasteiger partial charge in [0.2, 0.25) is 0 Å². The first-order valence-corrected chi connectivity index (χ1v) is 4.18. The third-order valence-corrected chi connectivity index (χ3v) is 1.26. The fourth-order valence-electron chi connectivity index (χ4n) is 0.753. The summed E-state index contributed by atoms with van der Waals surface area (Å²) in [5, 5.41) is 10.4. The minimum Gasteiger partial charge on any atom is -0.873 e. The van der Waals surface area contributed by atoms with Crippen molar-refractivity contribution in [3.63, 3.8) is 0 Å². The number of rotatable bonds is 2. The second-order valence-electron chi connectivity index (χ2n) is 2.39. The van der Waals surface area contributed by atoms with E-state index in [0.29, 0.717) is 0 Å². The Bertz CT molecular complexity index is 402. The van der Waals surface area contributed by atoms with Crippen molar-refractivity contribution in [1.29, 1.82) is 0 Å². The Morgan fingerprint density at radius 1 is 1.06 bits per heavy atom. The maximum Gasteiger partial charge on any atom is -0.0257 e. The van der Waals surface area contributed by atoms with Gasteiger partial charge in [-0.2, -0.15) is 0 Å². The first-order valence-electron chi connectivity index (χ1n) is 4.18. The van der Waals surface area contributed by atoms with Gasteiger partial charge in [0.1, 0.15) is 0 Å². The average molecular weight is 229 g/mol. The molecule has 0 aliphatic rings. The molecule has 0 N–H and O–H groups in total. The summed E-state index contributed by atoms with van der Waals surface area (Å²) >= 11 is 0. The molecule has 7 heteroatoms. The summed E-state index contributed by atoms with van der Waals surface area (Å²) in [6.07, 6.45) is 3.20. The largest absolute Gasteiger partial charge is 0.873 e. The molecule has 0 aliphatic heterocycles. The van der Waals surface area contributed by atoms with E-state index in [1.807, 2.05) is 30.3 Å². The summed E-state index contributed by atoms with van der Waals surface area (Å²) in [7, 11) is 0. The van der Waals surface area contributed by atoms with Gasteiger partial charge in [0.05, 0.1) is 0 Å². The summed E-state index contributed by atoms with van der Waals surface area (Å²) in [4.78, 5) is 3.00. The van der Waals surface area contributed by atoms with Crippen LogP contribution >= 0.6 is 0 Å². The molecule has 17 heavy (non-hydrogen) atoms. The highest BCUT2D eigenvalue weighted by Crippen LogP contribution is 2.01. The van der Waals surface area contributed by atoms with Gasteiger partial charge in [0.15, 0.2) is 0 Å². The average Bonchev–Trinajstić information content (AvgIpc) is 2.30. The highest BCUT2D eigenvalue weighted by atomic mass is 16.3. The zero-order valence-electron chi connectivity index (χ0n) is 8.84. The molecular weight excluding hydrogens is 220 g/mol. The molecule has 1 aromatic carbocycles. The highest BCUT2D eigenvalue weighted by Gasteiger charge is 1.79. The van der Waals surface area contributed by atoms with Crippen molar-refractivity contribution < 1.29 is 5.11 Å². The first kappa shape index (κ1) is 16.5. The van der Waals surface area contributed by atoms with Gasteiger partial charge in [-0.15, -0.1) is 12.3 Å². The smallest absolute Gasteiger partial charge is 0.0257 e. The van der Waals surface area contributed by atoms with Gasteiger partial charge in [0, 0.05) is 0 Å². The molecule has 0 bridgehead atoms. The maximum absolute atomic E-state index is 10.4. The van der Waals surface area contributed by atoms with Gasteiger partial charge in [-0.3, -0.25) is 9.82 Å². The van der Waals surface area contributed by atoms with E-state index in [2.05, 4.69) is 6.58 Å². The van der Waals surface area contributed by atoms with Crippen molar-refractivity contribution in [2.45, 2.75) is 0 Å². The molecule has 0 aliphatic carbocycles. The molecule has 88 valence electrons. The van der Waals surface area contributed by atoms with Crippen molar-refractivity contribution in [2.75, 3.05) is 0 Å². The highest BCUT2D eigenvalue weighted by molar-refractivity contribution is 5.50. The van der Waals surface area contributed by atoms with Crippen LogP contribution in [0.1, 0.15) is 5.56 Å². The van der Waals surface area contributed by atoms with Crippen molar-refractivity contribution in [3.05, 3.63) is 86.3 Å². The van der Waals surface area contributed by atoms with E-state index in [0.717, 1.165) is 5.56 Å². The van der Waals surface area contributed by atoms with E-state index < -0.39 is 0 Å². The van der Waals surface area contributed by atoms with Crippen LogP contribution in [0.4, 0.5) is 0 Å². The zero-order valence-corrected chi connectivity index (χ0v) is 8.84. The Balaban J connectivity index is 0. The molecule has 0 amide bonds. The van der Waals surface area contributed by atoms with Crippen LogP contribution in [0.3, 0.4) is 0 Å². The molecule has 0 saturated heterocycles.